The highest BCUT2D eigenvalue weighted by Gasteiger charge is 2.08. The molecule has 0 saturated heterocycles. The fourth-order valence-electron chi connectivity index (χ4n) is 1.51. The van der Waals surface area contributed by atoms with Crippen molar-refractivity contribution < 1.29 is 9.53 Å². The predicted octanol–water partition coefficient (Wildman–Crippen LogP) is 1.13. The third kappa shape index (κ3) is 2.63. The molecule has 18 heavy (non-hydrogen) atoms. The highest BCUT2D eigenvalue weighted by atomic mass is 16.5. The first-order valence-electron chi connectivity index (χ1n) is 5.40. The lowest BCUT2D eigenvalue weighted by Crippen LogP contribution is -2.25. The van der Waals surface area contributed by atoms with Crippen LogP contribution >= 0.6 is 0 Å². The molecule has 92 valence electrons. The van der Waals surface area contributed by atoms with Crippen molar-refractivity contribution in [1.82, 2.24) is 9.78 Å². The summed E-state index contributed by atoms with van der Waals surface area (Å²) in [4.78, 5) is 23.3. The number of carbonyl (C=O) groups is 1. The van der Waals surface area contributed by atoms with Crippen molar-refractivity contribution in [3.05, 3.63) is 58.5 Å². The SMILES string of the molecule is COc1ccc(C(=O)Cn2ncccc2=O)cc1. The van der Waals surface area contributed by atoms with Crippen LogP contribution in [0.4, 0.5) is 0 Å². The van der Waals surface area contributed by atoms with E-state index in [4.69, 9.17) is 4.74 Å². The first kappa shape index (κ1) is 12.0. The van der Waals surface area contributed by atoms with Gasteiger partial charge in [0.15, 0.2) is 5.78 Å². The zero-order valence-corrected chi connectivity index (χ0v) is 9.87. The third-order valence-electron chi connectivity index (χ3n) is 2.49. The highest BCUT2D eigenvalue weighted by molar-refractivity contribution is 5.95. The number of ether oxygens (including phenoxy) is 1. The van der Waals surface area contributed by atoms with E-state index in [-0.39, 0.29) is 17.9 Å². The number of ketones is 1. The molecule has 0 fully saturated rings. The molecule has 0 N–H and O–H groups in total. The molecule has 0 bridgehead atoms. The number of methoxy groups -OCH3 is 1. The van der Waals surface area contributed by atoms with E-state index in [2.05, 4.69) is 5.10 Å². The van der Waals surface area contributed by atoms with Crippen LogP contribution in [0.2, 0.25) is 0 Å². The third-order valence-corrected chi connectivity index (χ3v) is 2.49. The minimum absolute atomic E-state index is 0.0635. The Kier molecular flexibility index (Phi) is 3.52. The number of Topliss-reactive ketones (excluding diaryl/α,β-unsaturated/α-hetero) is 1. The monoisotopic (exact) mass is 244 g/mol. The van der Waals surface area contributed by atoms with E-state index < -0.39 is 0 Å². The number of benzene rings is 1. The summed E-state index contributed by atoms with van der Waals surface area (Å²) < 4.78 is 6.14. The molecule has 0 spiro atoms. The standard InChI is InChI=1S/C13H12N2O3/c1-18-11-6-4-10(5-7-11)12(16)9-15-13(17)3-2-8-14-15/h2-8H,9H2,1H3. The van der Waals surface area contributed by atoms with E-state index in [0.29, 0.717) is 11.3 Å². The Morgan fingerprint density at radius 1 is 1.28 bits per heavy atom. The highest BCUT2D eigenvalue weighted by Crippen LogP contribution is 2.11. The number of hydrogen-bond acceptors (Lipinski definition) is 4. The van der Waals surface area contributed by atoms with Crippen molar-refractivity contribution >= 4 is 5.78 Å². The van der Waals surface area contributed by atoms with Crippen molar-refractivity contribution in [1.29, 1.82) is 0 Å². The van der Waals surface area contributed by atoms with E-state index in [0.717, 1.165) is 4.68 Å². The zero-order chi connectivity index (χ0) is 13.0. The van der Waals surface area contributed by atoms with Gasteiger partial charge in [-0.2, -0.15) is 5.10 Å². The fraction of sp³-hybridized carbons (Fsp3) is 0.154. The number of carbonyl (C=O) groups excluding carboxylic acids is 1. The molecule has 2 rings (SSSR count). The molecule has 1 heterocycles. The molecule has 1 aromatic carbocycles. The zero-order valence-electron chi connectivity index (χ0n) is 9.87. The first-order valence-corrected chi connectivity index (χ1v) is 5.40. The Labute approximate surface area is 104 Å². The van der Waals surface area contributed by atoms with Gasteiger partial charge in [-0.3, -0.25) is 9.59 Å². The van der Waals surface area contributed by atoms with Crippen LogP contribution in [-0.2, 0) is 6.54 Å². The van der Waals surface area contributed by atoms with Gasteiger partial charge >= 0.3 is 0 Å². The Bertz CT molecular complexity index is 602. The van der Waals surface area contributed by atoms with Crippen LogP contribution in [0.25, 0.3) is 0 Å². The fourth-order valence-corrected chi connectivity index (χ4v) is 1.51. The summed E-state index contributed by atoms with van der Waals surface area (Å²) in [5.41, 5.74) is 0.229. The van der Waals surface area contributed by atoms with Gasteiger partial charge in [0, 0.05) is 17.8 Å². The van der Waals surface area contributed by atoms with Gasteiger partial charge in [-0.1, -0.05) is 0 Å². The Morgan fingerprint density at radius 2 is 2.00 bits per heavy atom. The summed E-state index contributed by atoms with van der Waals surface area (Å²) in [6.45, 7) is -0.0635. The molecule has 0 unspecified atom stereocenters. The summed E-state index contributed by atoms with van der Waals surface area (Å²) in [5, 5.41) is 3.84. The molecule has 0 atom stereocenters. The van der Waals surface area contributed by atoms with E-state index in [9.17, 15) is 9.59 Å². The molecule has 0 aliphatic heterocycles. The Balaban J connectivity index is 2.17. The van der Waals surface area contributed by atoms with Crippen molar-refractivity contribution in [3.63, 3.8) is 0 Å². The maximum Gasteiger partial charge on any atom is 0.267 e. The lowest BCUT2D eigenvalue weighted by Gasteiger charge is -2.04. The van der Waals surface area contributed by atoms with Crippen LogP contribution in [-0.4, -0.2) is 22.7 Å². The molecule has 0 radical (unpaired) electrons. The molecular weight excluding hydrogens is 232 g/mol. The maximum atomic E-state index is 11.9. The molecule has 2 aromatic rings. The van der Waals surface area contributed by atoms with Crippen LogP contribution in [0.5, 0.6) is 5.75 Å². The Morgan fingerprint density at radius 3 is 2.61 bits per heavy atom. The second-order valence-corrected chi connectivity index (χ2v) is 3.67. The van der Waals surface area contributed by atoms with E-state index >= 15 is 0 Å². The van der Waals surface area contributed by atoms with Crippen molar-refractivity contribution in [2.75, 3.05) is 7.11 Å². The molecule has 0 aliphatic carbocycles. The largest absolute Gasteiger partial charge is 0.497 e. The molecule has 1 aromatic heterocycles. The van der Waals surface area contributed by atoms with E-state index in [1.807, 2.05) is 0 Å². The van der Waals surface area contributed by atoms with Crippen LogP contribution in [0.3, 0.4) is 0 Å². The van der Waals surface area contributed by atoms with Gasteiger partial charge in [0.2, 0.25) is 0 Å². The van der Waals surface area contributed by atoms with E-state index in [1.54, 1.807) is 31.4 Å². The summed E-state index contributed by atoms with van der Waals surface area (Å²) in [6, 6.07) is 9.64. The molecule has 5 nitrogen and oxygen atoms in total. The second kappa shape index (κ2) is 5.27. The van der Waals surface area contributed by atoms with Crippen molar-refractivity contribution in [2.24, 2.45) is 0 Å². The first-order chi connectivity index (χ1) is 8.70. The maximum absolute atomic E-state index is 11.9. The predicted molar refractivity (Wildman–Crippen MR) is 65.8 cm³/mol. The second-order valence-electron chi connectivity index (χ2n) is 3.67. The minimum atomic E-state index is -0.292. The molecule has 0 aliphatic rings. The number of aromatic nitrogens is 2. The summed E-state index contributed by atoms with van der Waals surface area (Å²) in [5.74, 6) is 0.514. The molecule has 0 amide bonds. The minimum Gasteiger partial charge on any atom is -0.497 e. The smallest absolute Gasteiger partial charge is 0.267 e. The number of nitrogens with zero attached hydrogens (tertiary/aromatic N) is 2. The van der Waals surface area contributed by atoms with Crippen LogP contribution in [0.1, 0.15) is 10.4 Å². The van der Waals surface area contributed by atoms with Gasteiger partial charge in [-0.25, -0.2) is 4.68 Å². The summed E-state index contributed by atoms with van der Waals surface area (Å²) >= 11 is 0. The van der Waals surface area contributed by atoms with Crippen LogP contribution in [0.15, 0.2) is 47.4 Å². The van der Waals surface area contributed by atoms with Gasteiger partial charge in [-0.15, -0.1) is 0 Å². The topological polar surface area (TPSA) is 61.2 Å². The number of rotatable bonds is 4. The quantitative estimate of drug-likeness (QED) is 0.756. The van der Waals surface area contributed by atoms with Crippen LogP contribution < -0.4 is 10.3 Å². The van der Waals surface area contributed by atoms with E-state index in [1.165, 1.54) is 18.3 Å². The van der Waals surface area contributed by atoms with Crippen molar-refractivity contribution in [2.45, 2.75) is 6.54 Å². The van der Waals surface area contributed by atoms with Crippen LogP contribution in [0, 0.1) is 0 Å². The van der Waals surface area contributed by atoms with Crippen molar-refractivity contribution in [3.8, 4) is 5.75 Å². The summed E-state index contributed by atoms with van der Waals surface area (Å²) in [6.07, 6.45) is 1.47. The summed E-state index contributed by atoms with van der Waals surface area (Å²) in [7, 11) is 1.56. The van der Waals surface area contributed by atoms with Gasteiger partial charge in [-0.05, 0) is 30.3 Å². The normalized spacial score (nSPS) is 10.1. The average molecular weight is 244 g/mol. The lowest BCUT2D eigenvalue weighted by atomic mass is 10.1. The van der Waals surface area contributed by atoms with Gasteiger partial charge in [0.1, 0.15) is 12.3 Å². The van der Waals surface area contributed by atoms with Gasteiger partial charge < -0.3 is 4.74 Å². The Hall–Kier alpha value is -2.43. The average Bonchev–Trinajstić information content (AvgIpc) is 2.41. The number of hydrogen-bond donors (Lipinski definition) is 0. The lowest BCUT2D eigenvalue weighted by molar-refractivity contribution is 0.0965. The molecular formula is C13H12N2O3. The van der Waals surface area contributed by atoms with Gasteiger partial charge in [0.05, 0.1) is 7.11 Å². The molecule has 5 heteroatoms. The molecule has 0 saturated carbocycles. The van der Waals surface area contributed by atoms with Gasteiger partial charge in [0.25, 0.3) is 5.56 Å².